The maximum absolute atomic E-state index is 12.0. The quantitative estimate of drug-likeness (QED) is 0.457. The van der Waals surface area contributed by atoms with Crippen LogP contribution in [0.2, 0.25) is 0 Å². The predicted octanol–water partition coefficient (Wildman–Crippen LogP) is 2.44. The third-order valence-corrected chi connectivity index (χ3v) is 3.94. The van der Waals surface area contributed by atoms with Crippen molar-refractivity contribution in [1.82, 2.24) is 10.6 Å². The number of methoxy groups -OCH3 is 1. The minimum atomic E-state index is -0.0939. The number of ether oxygens (including phenoxy) is 2. The highest BCUT2D eigenvalue weighted by Gasteiger charge is 2.08. The van der Waals surface area contributed by atoms with Crippen LogP contribution in [0.4, 0.5) is 5.69 Å². The second-order valence-corrected chi connectivity index (χ2v) is 5.93. The van der Waals surface area contributed by atoms with Crippen LogP contribution in [0.1, 0.15) is 12.5 Å². The normalized spacial score (nSPS) is 10.9. The molecule has 7 heteroatoms. The molecule has 0 heterocycles. The molecule has 2 aromatic carbocycles. The summed E-state index contributed by atoms with van der Waals surface area (Å²) in [6.45, 7) is 3.17. The Bertz CT molecular complexity index is 778. The second kappa shape index (κ2) is 11.5. The number of benzene rings is 2. The summed E-state index contributed by atoms with van der Waals surface area (Å²) in [5.41, 5.74) is 1.97. The lowest BCUT2D eigenvalue weighted by molar-refractivity contribution is -0.119. The molecular formula is C21H28N4O3. The van der Waals surface area contributed by atoms with Gasteiger partial charge in [-0.2, -0.15) is 0 Å². The Labute approximate surface area is 166 Å². The molecule has 0 unspecified atom stereocenters. The summed E-state index contributed by atoms with van der Waals surface area (Å²) in [6, 6.07) is 15.5. The lowest BCUT2D eigenvalue weighted by Gasteiger charge is -2.14. The van der Waals surface area contributed by atoms with E-state index < -0.39 is 0 Å². The van der Waals surface area contributed by atoms with E-state index in [-0.39, 0.29) is 12.5 Å². The Kier molecular flexibility index (Phi) is 8.65. The van der Waals surface area contributed by atoms with Crippen molar-refractivity contribution >= 4 is 17.6 Å². The molecule has 28 heavy (non-hydrogen) atoms. The van der Waals surface area contributed by atoms with Gasteiger partial charge in [0.1, 0.15) is 0 Å². The van der Waals surface area contributed by atoms with Gasteiger partial charge in [-0.15, -0.1) is 0 Å². The number of hydrogen-bond donors (Lipinski definition) is 3. The first-order valence-corrected chi connectivity index (χ1v) is 9.25. The molecule has 2 aromatic rings. The number of amides is 1. The summed E-state index contributed by atoms with van der Waals surface area (Å²) >= 11 is 0. The first-order chi connectivity index (χ1) is 13.7. The predicted molar refractivity (Wildman–Crippen MR) is 112 cm³/mol. The summed E-state index contributed by atoms with van der Waals surface area (Å²) in [4.78, 5) is 16.2. The molecule has 3 N–H and O–H groups in total. The Balaban J connectivity index is 1.80. The fourth-order valence-corrected chi connectivity index (χ4v) is 2.56. The van der Waals surface area contributed by atoms with Crippen molar-refractivity contribution in [3.8, 4) is 11.5 Å². The van der Waals surface area contributed by atoms with Crippen LogP contribution in [-0.2, 0) is 11.2 Å². The highest BCUT2D eigenvalue weighted by molar-refractivity contribution is 5.96. The van der Waals surface area contributed by atoms with E-state index in [2.05, 4.69) is 20.9 Å². The molecular weight excluding hydrogens is 356 g/mol. The van der Waals surface area contributed by atoms with Crippen molar-refractivity contribution in [2.24, 2.45) is 4.99 Å². The minimum absolute atomic E-state index is 0.0939. The number of carbonyl (C=O) groups excluding carboxylic acids is 1. The fourth-order valence-electron chi connectivity index (χ4n) is 2.56. The average Bonchev–Trinajstić information content (AvgIpc) is 2.72. The van der Waals surface area contributed by atoms with Crippen molar-refractivity contribution in [2.45, 2.75) is 13.3 Å². The number of guanidine groups is 1. The molecule has 0 saturated heterocycles. The van der Waals surface area contributed by atoms with Gasteiger partial charge in [-0.25, -0.2) is 0 Å². The Morgan fingerprint density at radius 2 is 1.86 bits per heavy atom. The summed E-state index contributed by atoms with van der Waals surface area (Å²) in [5, 5.41) is 9.04. The molecule has 0 fully saturated rings. The first kappa shape index (κ1) is 21.1. The third kappa shape index (κ3) is 6.83. The summed E-state index contributed by atoms with van der Waals surface area (Å²) < 4.78 is 10.9. The summed E-state index contributed by atoms with van der Waals surface area (Å²) in [6.07, 6.45) is 0.797. The van der Waals surface area contributed by atoms with Crippen LogP contribution in [0.25, 0.3) is 0 Å². The Morgan fingerprint density at radius 3 is 2.54 bits per heavy atom. The van der Waals surface area contributed by atoms with Gasteiger partial charge in [-0.05, 0) is 31.0 Å². The molecule has 0 radical (unpaired) electrons. The maximum atomic E-state index is 12.0. The summed E-state index contributed by atoms with van der Waals surface area (Å²) in [5.74, 6) is 1.70. The fraction of sp³-hybridized carbons (Fsp3) is 0.333. The number of carbonyl (C=O) groups is 1. The van der Waals surface area contributed by atoms with E-state index >= 15 is 0 Å². The van der Waals surface area contributed by atoms with E-state index in [1.807, 2.05) is 55.5 Å². The van der Waals surface area contributed by atoms with E-state index in [0.29, 0.717) is 30.6 Å². The molecule has 0 bridgehead atoms. The van der Waals surface area contributed by atoms with Crippen LogP contribution >= 0.6 is 0 Å². The molecule has 0 saturated carbocycles. The highest BCUT2D eigenvalue weighted by Crippen LogP contribution is 2.30. The molecule has 0 aromatic heterocycles. The number of nitrogens with one attached hydrogen (secondary N) is 3. The minimum Gasteiger partial charge on any atom is -0.493 e. The van der Waals surface area contributed by atoms with Crippen LogP contribution in [0, 0.1) is 0 Å². The molecule has 0 atom stereocenters. The van der Waals surface area contributed by atoms with Crippen molar-refractivity contribution in [3.05, 3.63) is 54.1 Å². The van der Waals surface area contributed by atoms with Gasteiger partial charge in [-0.1, -0.05) is 30.3 Å². The number of anilines is 1. The van der Waals surface area contributed by atoms with Crippen LogP contribution in [-0.4, -0.2) is 45.7 Å². The lowest BCUT2D eigenvalue weighted by Crippen LogP contribution is -2.40. The average molecular weight is 384 g/mol. The van der Waals surface area contributed by atoms with E-state index in [1.54, 1.807) is 14.2 Å². The first-order valence-electron chi connectivity index (χ1n) is 9.25. The maximum Gasteiger partial charge on any atom is 0.239 e. The Morgan fingerprint density at radius 1 is 1.07 bits per heavy atom. The number of nitrogens with zero attached hydrogens (tertiary/aromatic N) is 1. The molecule has 0 aliphatic rings. The van der Waals surface area contributed by atoms with E-state index in [4.69, 9.17) is 9.47 Å². The monoisotopic (exact) mass is 384 g/mol. The third-order valence-electron chi connectivity index (χ3n) is 3.94. The van der Waals surface area contributed by atoms with Crippen LogP contribution in [0.3, 0.4) is 0 Å². The van der Waals surface area contributed by atoms with Gasteiger partial charge in [0, 0.05) is 25.3 Å². The van der Waals surface area contributed by atoms with E-state index in [0.717, 1.165) is 12.1 Å². The van der Waals surface area contributed by atoms with Gasteiger partial charge in [0.05, 0.1) is 20.3 Å². The largest absolute Gasteiger partial charge is 0.493 e. The lowest BCUT2D eigenvalue weighted by atomic mass is 10.1. The van der Waals surface area contributed by atoms with Crippen LogP contribution in [0.15, 0.2) is 53.5 Å². The smallest absolute Gasteiger partial charge is 0.239 e. The number of aliphatic imine (C=N–C) groups is 1. The van der Waals surface area contributed by atoms with Gasteiger partial charge < -0.3 is 25.4 Å². The standard InChI is InChI=1S/C21H28N4O3/c1-4-28-19-14-17(10-11-18(19)27-3)25-21(22-2)24-15-20(26)23-13-12-16-8-6-5-7-9-16/h5-11,14H,4,12-13,15H2,1-3H3,(H,23,26)(H2,22,24,25). The van der Waals surface area contributed by atoms with Gasteiger partial charge in [0.15, 0.2) is 17.5 Å². The molecule has 1 amide bonds. The van der Waals surface area contributed by atoms with Gasteiger partial charge in [0.25, 0.3) is 0 Å². The zero-order valence-corrected chi connectivity index (χ0v) is 16.6. The molecule has 2 rings (SSSR count). The van der Waals surface area contributed by atoms with E-state index in [1.165, 1.54) is 5.56 Å². The van der Waals surface area contributed by atoms with Crippen LogP contribution in [0.5, 0.6) is 11.5 Å². The van der Waals surface area contributed by atoms with Gasteiger partial charge >= 0.3 is 0 Å². The van der Waals surface area contributed by atoms with Crippen molar-refractivity contribution in [3.63, 3.8) is 0 Å². The zero-order chi connectivity index (χ0) is 20.2. The van der Waals surface area contributed by atoms with E-state index in [9.17, 15) is 4.79 Å². The summed E-state index contributed by atoms with van der Waals surface area (Å²) in [7, 11) is 3.25. The van der Waals surface area contributed by atoms with Crippen molar-refractivity contribution in [2.75, 3.05) is 39.2 Å². The number of rotatable bonds is 9. The Hall–Kier alpha value is -3.22. The SMILES string of the molecule is CCOc1cc(NC(=NC)NCC(=O)NCCc2ccccc2)ccc1OC. The zero-order valence-electron chi connectivity index (χ0n) is 16.6. The van der Waals surface area contributed by atoms with Crippen molar-refractivity contribution < 1.29 is 14.3 Å². The highest BCUT2D eigenvalue weighted by atomic mass is 16.5. The molecule has 0 aliphatic carbocycles. The second-order valence-electron chi connectivity index (χ2n) is 5.93. The van der Waals surface area contributed by atoms with Crippen molar-refractivity contribution in [1.29, 1.82) is 0 Å². The topological polar surface area (TPSA) is 84.0 Å². The van der Waals surface area contributed by atoms with Crippen LogP contribution < -0.4 is 25.4 Å². The van der Waals surface area contributed by atoms with Gasteiger partial charge in [-0.3, -0.25) is 9.79 Å². The van der Waals surface area contributed by atoms with Gasteiger partial charge in [0.2, 0.25) is 5.91 Å². The molecule has 0 spiro atoms. The number of hydrogen-bond acceptors (Lipinski definition) is 4. The molecule has 7 nitrogen and oxygen atoms in total. The molecule has 0 aliphatic heterocycles. The molecule has 150 valence electrons.